The first-order chi connectivity index (χ1) is 23.4. The SMILES string of the molecule is CC(=O)c1ccc(N2C(=O)C3CC=C4C(CC5C(=O)N(c6ccc(F)c(Cl)c6)C(=O)C5(C)C4C4=COc5ccc(O)cc5C4)C3C2=O)cc1. The molecule has 0 aromatic heterocycles. The van der Waals surface area contributed by atoms with Gasteiger partial charge in [-0.15, -0.1) is 0 Å². The Morgan fingerprint density at radius 3 is 2.39 bits per heavy atom. The highest BCUT2D eigenvalue weighted by Crippen LogP contribution is 2.63. The molecule has 11 heteroatoms. The quantitative estimate of drug-likeness (QED) is 0.199. The molecule has 2 saturated heterocycles. The summed E-state index contributed by atoms with van der Waals surface area (Å²) in [6.07, 6.45) is 4.23. The Kier molecular flexibility index (Phi) is 6.98. The van der Waals surface area contributed by atoms with Gasteiger partial charge in [0.15, 0.2) is 5.78 Å². The smallest absolute Gasteiger partial charge is 0.241 e. The van der Waals surface area contributed by atoms with Gasteiger partial charge >= 0.3 is 0 Å². The van der Waals surface area contributed by atoms with Gasteiger partial charge in [-0.25, -0.2) is 9.29 Å². The Bertz CT molecular complexity index is 2090. The van der Waals surface area contributed by atoms with E-state index in [1.54, 1.807) is 49.6 Å². The van der Waals surface area contributed by atoms with Gasteiger partial charge in [-0.2, -0.15) is 0 Å². The lowest BCUT2D eigenvalue weighted by molar-refractivity contribution is -0.132. The molecule has 1 saturated carbocycles. The molecule has 3 heterocycles. The fraction of sp³-hybridized carbons (Fsp3) is 0.289. The normalized spacial score (nSPS) is 28.7. The standard InChI is InChI=1S/C38H30ClFN2O7/c1-18(43)19-3-5-22(6-4-19)41-34(45)26-10-9-25-27(32(26)36(41)47)16-28-35(46)42(23-7-11-30(40)29(39)15-23)37(48)38(28,2)33(25)21-13-20-14-24(44)8-12-31(20)49-17-21/h3-9,11-12,14-15,17,26-28,32-33,44H,10,13,16H2,1-2H3. The number of ketones is 1. The summed E-state index contributed by atoms with van der Waals surface area (Å²) >= 11 is 6.09. The van der Waals surface area contributed by atoms with Crippen molar-refractivity contribution in [3.8, 4) is 11.5 Å². The van der Waals surface area contributed by atoms with E-state index in [0.29, 0.717) is 34.6 Å². The first-order valence-electron chi connectivity index (χ1n) is 16.1. The first kappa shape index (κ1) is 31.2. The number of imide groups is 2. The molecule has 4 amide bonds. The van der Waals surface area contributed by atoms with Crippen LogP contribution < -0.4 is 14.5 Å². The molecule has 5 aliphatic rings. The van der Waals surface area contributed by atoms with E-state index in [2.05, 4.69) is 0 Å². The number of anilines is 2. The van der Waals surface area contributed by atoms with Crippen molar-refractivity contribution in [2.75, 3.05) is 9.80 Å². The van der Waals surface area contributed by atoms with Crippen LogP contribution in [0.1, 0.15) is 42.6 Å². The minimum absolute atomic E-state index is 0.0481. The Morgan fingerprint density at radius 1 is 0.939 bits per heavy atom. The van der Waals surface area contributed by atoms with Crippen molar-refractivity contribution in [3.63, 3.8) is 0 Å². The number of carbonyl (C=O) groups excluding carboxylic acids is 5. The fourth-order valence-electron chi connectivity index (χ4n) is 8.82. The van der Waals surface area contributed by atoms with E-state index in [-0.39, 0.29) is 41.0 Å². The van der Waals surface area contributed by atoms with Gasteiger partial charge in [-0.05, 0) is 98.8 Å². The van der Waals surface area contributed by atoms with Crippen LogP contribution in [-0.4, -0.2) is 34.5 Å². The van der Waals surface area contributed by atoms with Gasteiger partial charge in [-0.3, -0.25) is 28.9 Å². The number of phenolic OH excluding ortho intramolecular Hbond substituents is 1. The monoisotopic (exact) mass is 680 g/mol. The van der Waals surface area contributed by atoms with Crippen molar-refractivity contribution in [2.45, 2.75) is 33.1 Å². The summed E-state index contributed by atoms with van der Waals surface area (Å²) in [4.78, 5) is 71.3. The number of phenols is 1. The molecule has 6 atom stereocenters. The van der Waals surface area contributed by atoms with Gasteiger partial charge in [-0.1, -0.05) is 23.3 Å². The predicted octanol–water partition coefficient (Wildman–Crippen LogP) is 6.17. The van der Waals surface area contributed by atoms with Crippen LogP contribution >= 0.6 is 11.6 Å². The number of rotatable bonds is 4. The van der Waals surface area contributed by atoms with Crippen LogP contribution in [0.3, 0.4) is 0 Å². The molecule has 6 unspecified atom stereocenters. The van der Waals surface area contributed by atoms with Crippen molar-refractivity contribution in [2.24, 2.45) is 35.0 Å². The molecule has 3 aromatic rings. The number of nitrogens with zero attached hydrogens (tertiary/aromatic N) is 2. The highest BCUT2D eigenvalue weighted by Gasteiger charge is 2.68. The maximum atomic E-state index is 14.6. The summed E-state index contributed by atoms with van der Waals surface area (Å²) in [5, 5.41) is 10.0. The maximum Gasteiger partial charge on any atom is 0.241 e. The number of hydrogen-bond acceptors (Lipinski definition) is 7. The van der Waals surface area contributed by atoms with E-state index in [1.807, 2.05) is 6.08 Å². The molecule has 3 fully saturated rings. The van der Waals surface area contributed by atoms with E-state index in [9.17, 15) is 33.5 Å². The van der Waals surface area contributed by atoms with Crippen molar-refractivity contribution >= 4 is 52.4 Å². The molecule has 9 nitrogen and oxygen atoms in total. The Balaban J connectivity index is 1.23. The highest BCUT2D eigenvalue weighted by atomic mass is 35.5. The number of amides is 4. The zero-order valence-electron chi connectivity index (χ0n) is 26.5. The van der Waals surface area contributed by atoms with Gasteiger partial charge in [0.1, 0.15) is 17.3 Å². The van der Waals surface area contributed by atoms with Gasteiger partial charge in [0.25, 0.3) is 0 Å². The molecule has 1 N–H and O–H groups in total. The van der Waals surface area contributed by atoms with E-state index >= 15 is 0 Å². The zero-order valence-corrected chi connectivity index (χ0v) is 27.2. The van der Waals surface area contributed by atoms with Crippen molar-refractivity contribution in [1.82, 2.24) is 0 Å². The molecule has 248 valence electrons. The van der Waals surface area contributed by atoms with E-state index < -0.39 is 58.5 Å². The third kappa shape index (κ3) is 4.46. The molecule has 0 radical (unpaired) electrons. The third-order valence-electron chi connectivity index (χ3n) is 11.1. The van der Waals surface area contributed by atoms with E-state index in [1.165, 1.54) is 30.0 Å². The van der Waals surface area contributed by atoms with Gasteiger partial charge in [0.05, 0.1) is 45.8 Å². The number of hydrogen-bond donors (Lipinski definition) is 1. The molecule has 49 heavy (non-hydrogen) atoms. The van der Waals surface area contributed by atoms with Crippen LogP contribution in [0.5, 0.6) is 11.5 Å². The number of allylic oxidation sites excluding steroid dienone is 3. The van der Waals surface area contributed by atoms with Crippen LogP contribution in [0.15, 0.2) is 84.1 Å². The van der Waals surface area contributed by atoms with E-state index in [0.717, 1.165) is 16.5 Å². The zero-order chi connectivity index (χ0) is 34.5. The second-order valence-electron chi connectivity index (χ2n) is 13.7. The highest BCUT2D eigenvalue weighted by molar-refractivity contribution is 6.32. The minimum Gasteiger partial charge on any atom is -0.508 e. The summed E-state index contributed by atoms with van der Waals surface area (Å²) in [5.74, 6) is -5.58. The number of benzene rings is 3. The summed E-state index contributed by atoms with van der Waals surface area (Å²) in [5.41, 5.74) is 1.79. The summed E-state index contributed by atoms with van der Waals surface area (Å²) in [7, 11) is 0. The number of ether oxygens (including phenoxy) is 1. The van der Waals surface area contributed by atoms with Crippen molar-refractivity contribution in [1.29, 1.82) is 0 Å². The Labute approximate surface area is 285 Å². The summed E-state index contributed by atoms with van der Waals surface area (Å²) in [6.45, 7) is 3.19. The van der Waals surface area contributed by atoms with Crippen LogP contribution in [0.4, 0.5) is 15.8 Å². The Morgan fingerprint density at radius 2 is 1.67 bits per heavy atom. The van der Waals surface area contributed by atoms with Crippen LogP contribution in [-0.2, 0) is 25.6 Å². The molecular weight excluding hydrogens is 651 g/mol. The number of Topliss-reactive ketones (excluding diaryl/α,β-unsaturated/α-hetero) is 1. The summed E-state index contributed by atoms with van der Waals surface area (Å²) < 4.78 is 20.2. The summed E-state index contributed by atoms with van der Waals surface area (Å²) in [6, 6.07) is 14.8. The second-order valence-corrected chi connectivity index (χ2v) is 14.1. The topological polar surface area (TPSA) is 121 Å². The lowest BCUT2D eigenvalue weighted by Gasteiger charge is -2.49. The number of halogens is 2. The van der Waals surface area contributed by atoms with Crippen LogP contribution in [0, 0.1) is 40.8 Å². The van der Waals surface area contributed by atoms with Crippen molar-refractivity contribution < 1.29 is 38.2 Å². The molecule has 2 aliphatic carbocycles. The second kappa shape index (κ2) is 11.0. The van der Waals surface area contributed by atoms with Crippen LogP contribution in [0.2, 0.25) is 5.02 Å². The molecule has 3 aromatic carbocycles. The minimum atomic E-state index is -1.33. The predicted molar refractivity (Wildman–Crippen MR) is 176 cm³/mol. The molecule has 0 bridgehead atoms. The molecular formula is C38H30ClFN2O7. The average Bonchev–Trinajstić information content (AvgIpc) is 3.45. The number of fused-ring (bicyclic) bond motifs is 5. The lowest BCUT2D eigenvalue weighted by atomic mass is 9.51. The van der Waals surface area contributed by atoms with E-state index in [4.69, 9.17) is 16.3 Å². The number of carbonyl (C=O) groups is 5. The van der Waals surface area contributed by atoms with Gasteiger partial charge in [0.2, 0.25) is 23.6 Å². The van der Waals surface area contributed by atoms with Gasteiger partial charge < -0.3 is 9.84 Å². The molecule has 3 aliphatic heterocycles. The molecule has 8 rings (SSSR count). The number of aromatic hydroxyl groups is 1. The fourth-order valence-corrected chi connectivity index (χ4v) is 8.99. The van der Waals surface area contributed by atoms with Gasteiger partial charge in [0, 0.05) is 23.5 Å². The Hall–Kier alpha value is -5.09. The van der Waals surface area contributed by atoms with Crippen LogP contribution in [0.25, 0.3) is 0 Å². The average molecular weight is 681 g/mol. The van der Waals surface area contributed by atoms with Crippen molar-refractivity contribution in [3.05, 3.63) is 106 Å². The lowest BCUT2D eigenvalue weighted by Crippen LogP contribution is -2.51. The molecule has 0 spiro atoms. The third-order valence-corrected chi connectivity index (χ3v) is 11.4. The maximum absolute atomic E-state index is 14.6. The largest absolute Gasteiger partial charge is 0.508 e. The first-order valence-corrected chi connectivity index (χ1v) is 16.5.